The molecule has 2 aliphatic heterocycles. The van der Waals surface area contributed by atoms with Gasteiger partial charge < -0.3 is 15.4 Å². The van der Waals surface area contributed by atoms with Crippen molar-refractivity contribution in [2.75, 3.05) is 30.3 Å². The van der Waals surface area contributed by atoms with Gasteiger partial charge in [0, 0.05) is 41.8 Å². The molecule has 21 heavy (non-hydrogen) atoms. The predicted octanol–water partition coefficient (Wildman–Crippen LogP) is 2.88. The zero-order chi connectivity index (χ0) is 14.2. The van der Waals surface area contributed by atoms with Gasteiger partial charge in [-0.2, -0.15) is 0 Å². The summed E-state index contributed by atoms with van der Waals surface area (Å²) >= 11 is 0. The maximum absolute atomic E-state index is 6.40. The molecule has 0 aliphatic carbocycles. The third-order valence-corrected chi connectivity index (χ3v) is 4.65. The summed E-state index contributed by atoms with van der Waals surface area (Å²) in [6, 6.07) is 6.51. The van der Waals surface area contributed by atoms with Crippen LogP contribution >= 0.6 is 0 Å². The van der Waals surface area contributed by atoms with Crippen LogP contribution in [0.1, 0.15) is 30.5 Å². The monoisotopic (exact) mass is 283 g/mol. The lowest BCUT2D eigenvalue weighted by atomic mass is 10.0. The van der Waals surface area contributed by atoms with Gasteiger partial charge in [-0.15, -0.1) is 0 Å². The molecule has 4 rings (SSSR count). The molecule has 1 aromatic heterocycles. The second-order valence-electron chi connectivity index (χ2n) is 6.00. The number of hydrogen-bond acceptors (Lipinski definition) is 4. The van der Waals surface area contributed by atoms with Crippen molar-refractivity contribution in [1.82, 2.24) is 4.98 Å². The van der Waals surface area contributed by atoms with Crippen LogP contribution in [0.3, 0.4) is 0 Å². The Bertz CT molecular complexity index is 677. The van der Waals surface area contributed by atoms with Gasteiger partial charge in [-0.05, 0) is 37.5 Å². The molecule has 110 valence electrons. The first-order valence-corrected chi connectivity index (χ1v) is 7.86. The van der Waals surface area contributed by atoms with Crippen LogP contribution in [-0.4, -0.2) is 24.7 Å². The average molecular weight is 283 g/mol. The number of aromatic nitrogens is 1. The van der Waals surface area contributed by atoms with Crippen LogP contribution in [0.15, 0.2) is 18.2 Å². The van der Waals surface area contributed by atoms with Crippen LogP contribution in [0.4, 0.5) is 11.4 Å². The van der Waals surface area contributed by atoms with E-state index in [2.05, 4.69) is 23.1 Å². The first kappa shape index (κ1) is 12.9. The van der Waals surface area contributed by atoms with Crippen LogP contribution in [0.25, 0.3) is 10.9 Å². The second-order valence-corrected chi connectivity index (χ2v) is 6.00. The average Bonchev–Trinajstić information content (AvgIpc) is 2.56. The van der Waals surface area contributed by atoms with Gasteiger partial charge in [0.25, 0.3) is 0 Å². The lowest BCUT2D eigenvalue weighted by molar-refractivity contribution is 0.110. The summed E-state index contributed by atoms with van der Waals surface area (Å²) < 4.78 is 5.54. The molecule has 3 heterocycles. The summed E-state index contributed by atoms with van der Waals surface area (Å²) in [4.78, 5) is 7.24. The Labute approximate surface area is 124 Å². The van der Waals surface area contributed by atoms with E-state index in [9.17, 15) is 0 Å². The number of fused-ring (bicyclic) bond motifs is 2. The molecule has 0 radical (unpaired) electrons. The van der Waals surface area contributed by atoms with Gasteiger partial charge >= 0.3 is 0 Å². The highest BCUT2D eigenvalue weighted by Gasteiger charge is 2.18. The fourth-order valence-electron chi connectivity index (χ4n) is 3.43. The second kappa shape index (κ2) is 5.19. The van der Waals surface area contributed by atoms with E-state index in [-0.39, 0.29) is 0 Å². The maximum atomic E-state index is 6.40. The third kappa shape index (κ3) is 2.23. The van der Waals surface area contributed by atoms with Gasteiger partial charge in [-0.3, -0.25) is 4.98 Å². The summed E-state index contributed by atoms with van der Waals surface area (Å²) in [5, 5.41) is 1.07. The summed E-state index contributed by atoms with van der Waals surface area (Å²) in [6.07, 6.45) is 4.77. The highest BCUT2D eigenvalue weighted by atomic mass is 16.5. The summed E-state index contributed by atoms with van der Waals surface area (Å²) in [5.41, 5.74) is 11.7. The predicted molar refractivity (Wildman–Crippen MR) is 85.6 cm³/mol. The van der Waals surface area contributed by atoms with Crippen LogP contribution in [0.2, 0.25) is 0 Å². The van der Waals surface area contributed by atoms with Crippen LogP contribution in [-0.2, 0) is 17.8 Å². The van der Waals surface area contributed by atoms with Gasteiger partial charge in [0.1, 0.15) is 0 Å². The first-order valence-electron chi connectivity index (χ1n) is 7.86. The summed E-state index contributed by atoms with van der Waals surface area (Å²) in [5.74, 6) is 0. The molecule has 0 bridgehead atoms. The quantitative estimate of drug-likeness (QED) is 0.874. The molecular weight excluding hydrogens is 262 g/mol. The Morgan fingerprint density at radius 1 is 1.14 bits per heavy atom. The number of benzene rings is 1. The van der Waals surface area contributed by atoms with Crippen molar-refractivity contribution < 1.29 is 4.74 Å². The smallest absolute Gasteiger partial charge is 0.0755 e. The van der Waals surface area contributed by atoms with Gasteiger partial charge in [0.05, 0.1) is 24.4 Å². The number of anilines is 2. The molecule has 0 atom stereocenters. The van der Waals surface area contributed by atoms with Crippen molar-refractivity contribution in [3.05, 3.63) is 29.5 Å². The Kier molecular flexibility index (Phi) is 3.19. The number of nitrogens with two attached hydrogens (primary N) is 1. The van der Waals surface area contributed by atoms with Crippen molar-refractivity contribution in [3.8, 4) is 0 Å². The molecule has 0 saturated carbocycles. The van der Waals surface area contributed by atoms with Crippen LogP contribution in [0.5, 0.6) is 0 Å². The van der Waals surface area contributed by atoms with Gasteiger partial charge in [-0.1, -0.05) is 0 Å². The fourth-order valence-corrected chi connectivity index (χ4v) is 3.43. The van der Waals surface area contributed by atoms with E-state index in [1.807, 2.05) is 0 Å². The van der Waals surface area contributed by atoms with Crippen molar-refractivity contribution in [3.63, 3.8) is 0 Å². The number of piperidine rings is 1. The number of rotatable bonds is 1. The van der Waals surface area contributed by atoms with E-state index < -0.39 is 0 Å². The minimum atomic E-state index is 0.595. The zero-order valence-corrected chi connectivity index (χ0v) is 12.3. The Morgan fingerprint density at radius 2 is 2.00 bits per heavy atom. The van der Waals surface area contributed by atoms with Crippen LogP contribution < -0.4 is 10.6 Å². The molecule has 2 aliphatic rings. The number of nitrogens with zero attached hydrogens (tertiary/aromatic N) is 2. The van der Waals surface area contributed by atoms with E-state index in [0.29, 0.717) is 6.61 Å². The fraction of sp³-hybridized carbons (Fsp3) is 0.471. The van der Waals surface area contributed by atoms with Crippen molar-refractivity contribution in [2.24, 2.45) is 0 Å². The Morgan fingerprint density at radius 3 is 2.86 bits per heavy atom. The Hall–Kier alpha value is -1.81. The zero-order valence-electron chi connectivity index (χ0n) is 12.3. The largest absolute Gasteiger partial charge is 0.398 e. The molecular formula is C17H21N3O. The normalized spacial score (nSPS) is 18.8. The van der Waals surface area contributed by atoms with E-state index in [1.165, 1.54) is 24.9 Å². The van der Waals surface area contributed by atoms with Gasteiger partial charge in [-0.25, -0.2) is 0 Å². The number of pyridine rings is 1. The lowest BCUT2D eigenvalue weighted by Gasteiger charge is -2.29. The molecule has 1 saturated heterocycles. The van der Waals surface area contributed by atoms with Crippen molar-refractivity contribution in [2.45, 2.75) is 32.3 Å². The van der Waals surface area contributed by atoms with Crippen molar-refractivity contribution in [1.29, 1.82) is 0 Å². The highest BCUT2D eigenvalue weighted by molar-refractivity contribution is 5.94. The minimum Gasteiger partial charge on any atom is -0.398 e. The van der Waals surface area contributed by atoms with Crippen molar-refractivity contribution >= 4 is 22.3 Å². The third-order valence-electron chi connectivity index (χ3n) is 4.65. The Balaban J connectivity index is 1.81. The molecule has 2 aromatic rings. The summed E-state index contributed by atoms with van der Waals surface area (Å²) in [6.45, 7) is 3.63. The summed E-state index contributed by atoms with van der Waals surface area (Å²) in [7, 11) is 0. The molecule has 2 N–H and O–H groups in total. The molecule has 1 aromatic carbocycles. The van der Waals surface area contributed by atoms with E-state index in [4.69, 9.17) is 15.5 Å². The van der Waals surface area contributed by atoms with Crippen LogP contribution in [0, 0.1) is 0 Å². The number of hydrogen-bond donors (Lipinski definition) is 1. The molecule has 0 unspecified atom stereocenters. The number of ether oxygens (including phenoxy) is 1. The molecule has 0 spiro atoms. The SMILES string of the molecule is Nc1c2c(nc3ccc(N4CCCCC4)cc13)CCOC2. The molecule has 4 nitrogen and oxygen atoms in total. The highest BCUT2D eigenvalue weighted by Crippen LogP contribution is 2.32. The topological polar surface area (TPSA) is 51.4 Å². The molecule has 4 heteroatoms. The maximum Gasteiger partial charge on any atom is 0.0755 e. The van der Waals surface area contributed by atoms with Gasteiger partial charge in [0.2, 0.25) is 0 Å². The standard InChI is InChI=1S/C17H21N3O/c18-17-13-10-12(20-7-2-1-3-8-20)4-5-15(13)19-16-6-9-21-11-14(16)17/h4-5,10H,1-3,6-9,11H2,(H2,18,19). The first-order chi connectivity index (χ1) is 10.3. The van der Waals surface area contributed by atoms with E-state index >= 15 is 0 Å². The van der Waals surface area contributed by atoms with Gasteiger partial charge in [0.15, 0.2) is 0 Å². The van der Waals surface area contributed by atoms with E-state index in [0.717, 1.165) is 54.0 Å². The molecule has 1 fully saturated rings. The van der Waals surface area contributed by atoms with E-state index in [1.54, 1.807) is 0 Å². The number of nitrogen functional groups attached to an aromatic ring is 1. The minimum absolute atomic E-state index is 0.595. The molecule has 0 amide bonds. The lowest BCUT2D eigenvalue weighted by Crippen LogP contribution is -2.29.